The fourth-order valence-electron chi connectivity index (χ4n) is 2.18. The SMILES string of the molecule is CCC(NCc1ccccc1CC(=O)OC)c1nccs1. The lowest BCUT2D eigenvalue weighted by Crippen LogP contribution is -2.21. The van der Waals surface area contributed by atoms with E-state index in [1.54, 1.807) is 11.3 Å². The van der Waals surface area contributed by atoms with Crippen LogP contribution in [0.15, 0.2) is 35.8 Å². The summed E-state index contributed by atoms with van der Waals surface area (Å²) in [6.07, 6.45) is 3.12. The number of hydrogen-bond acceptors (Lipinski definition) is 5. The van der Waals surface area contributed by atoms with Crippen LogP contribution in [-0.2, 0) is 22.5 Å². The number of nitrogens with zero attached hydrogens (tertiary/aromatic N) is 1. The first-order valence-electron chi connectivity index (χ1n) is 7.01. The minimum absolute atomic E-state index is 0.214. The zero-order valence-corrected chi connectivity index (χ0v) is 13.2. The molecule has 1 heterocycles. The van der Waals surface area contributed by atoms with Crippen molar-refractivity contribution in [3.63, 3.8) is 0 Å². The van der Waals surface area contributed by atoms with E-state index in [4.69, 9.17) is 4.74 Å². The summed E-state index contributed by atoms with van der Waals surface area (Å²) in [5.41, 5.74) is 2.13. The monoisotopic (exact) mass is 304 g/mol. The molecule has 0 saturated heterocycles. The van der Waals surface area contributed by atoms with Crippen molar-refractivity contribution in [2.45, 2.75) is 32.4 Å². The second-order valence-electron chi connectivity index (χ2n) is 4.73. The third-order valence-corrected chi connectivity index (χ3v) is 4.27. The summed E-state index contributed by atoms with van der Waals surface area (Å²) in [7, 11) is 1.42. The van der Waals surface area contributed by atoms with Crippen molar-refractivity contribution in [3.8, 4) is 0 Å². The van der Waals surface area contributed by atoms with Gasteiger partial charge in [0.05, 0.1) is 19.6 Å². The molecule has 0 amide bonds. The molecule has 0 aliphatic heterocycles. The lowest BCUT2D eigenvalue weighted by molar-refractivity contribution is -0.139. The summed E-state index contributed by atoms with van der Waals surface area (Å²) in [5.74, 6) is -0.214. The third kappa shape index (κ3) is 4.37. The van der Waals surface area contributed by atoms with Gasteiger partial charge >= 0.3 is 5.97 Å². The first-order chi connectivity index (χ1) is 10.2. The number of benzene rings is 1. The number of nitrogens with one attached hydrogen (secondary N) is 1. The predicted octanol–water partition coefficient (Wildman–Crippen LogP) is 3.10. The quantitative estimate of drug-likeness (QED) is 0.799. The smallest absolute Gasteiger partial charge is 0.309 e. The number of aromatic nitrogens is 1. The van der Waals surface area contributed by atoms with Gasteiger partial charge in [0.15, 0.2) is 0 Å². The number of rotatable bonds is 7. The van der Waals surface area contributed by atoms with Gasteiger partial charge in [-0.25, -0.2) is 4.98 Å². The van der Waals surface area contributed by atoms with E-state index >= 15 is 0 Å². The Morgan fingerprint density at radius 3 is 2.76 bits per heavy atom. The summed E-state index contributed by atoms with van der Waals surface area (Å²) in [4.78, 5) is 15.8. The van der Waals surface area contributed by atoms with E-state index < -0.39 is 0 Å². The summed E-state index contributed by atoms with van der Waals surface area (Å²) in [5, 5.41) is 6.61. The van der Waals surface area contributed by atoms with Crippen molar-refractivity contribution in [2.24, 2.45) is 0 Å². The molecule has 0 bridgehead atoms. The largest absolute Gasteiger partial charge is 0.469 e. The lowest BCUT2D eigenvalue weighted by Gasteiger charge is -2.16. The van der Waals surface area contributed by atoms with Crippen molar-refractivity contribution in [1.29, 1.82) is 0 Å². The second-order valence-corrected chi connectivity index (χ2v) is 5.66. The van der Waals surface area contributed by atoms with E-state index in [0.717, 1.165) is 22.6 Å². The Balaban J connectivity index is 2.04. The van der Waals surface area contributed by atoms with Crippen LogP contribution < -0.4 is 5.32 Å². The molecule has 1 unspecified atom stereocenters. The number of carbonyl (C=O) groups is 1. The van der Waals surface area contributed by atoms with Crippen LogP contribution in [0.4, 0.5) is 0 Å². The van der Waals surface area contributed by atoms with E-state index in [1.165, 1.54) is 7.11 Å². The van der Waals surface area contributed by atoms with Crippen LogP contribution >= 0.6 is 11.3 Å². The molecule has 0 radical (unpaired) electrons. The average Bonchev–Trinajstić information content (AvgIpc) is 3.03. The average molecular weight is 304 g/mol. The molecule has 0 aliphatic rings. The van der Waals surface area contributed by atoms with Crippen LogP contribution in [0.5, 0.6) is 0 Å². The molecule has 0 fully saturated rings. The summed E-state index contributed by atoms with van der Waals surface area (Å²) < 4.78 is 4.75. The molecular formula is C16H20N2O2S. The fraction of sp³-hybridized carbons (Fsp3) is 0.375. The van der Waals surface area contributed by atoms with Crippen molar-refractivity contribution >= 4 is 17.3 Å². The van der Waals surface area contributed by atoms with Gasteiger partial charge in [-0.1, -0.05) is 31.2 Å². The normalized spacial score (nSPS) is 12.1. The van der Waals surface area contributed by atoms with Gasteiger partial charge in [-0.3, -0.25) is 4.79 Å². The van der Waals surface area contributed by atoms with E-state index in [1.807, 2.05) is 35.8 Å². The number of thiazole rings is 1. The van der Waals surface area contributed by atoms with Gasteiger partial charge in [0.25, 0.3) is 0 Å². The number of esters is 1. The Morgan fingerprint density at radius 1 is 1.38 bits per heavy atom. The van der Waals surface area contributed by atoms with Crippen LogP contribution in [0.25, 0.3) is 0 Å². The van der Waals surface area contributed by atoms with Crippen molar-refractivity contribution < 1.29 is 9.53 Å². The highest BCUT2D eigenvalue weighted by Crippen LogP contribution is 2.20. The summed E-state index contributed by atoms with van der Waals surface area (Å²) >= 11 is 1.66. The molecule has 0 saturated carbocycles. The Morgan fingerprint density at radius 2 is 2.14 bits per heavy atom. The summed E-state index contributed by atoms with van der Waals surface area (Å²) in [6, 6.07) is 8.19. The zero-order valence-electron chi connectivity index (χ0n) is 12.3. The first kappa shape index (κ1) is 15.7. The van der Waals surface area contributed by atoms with E-state index in [0.29, 0.717) is 13.0 Å². The van der Waals surface area contributed by atoms with E-state index in [-0.39, 0.29) is 12.0 Å². The molecule has 21 heavy (non-hydrogen) atoms. The third-order valence-electron chi connectivity index (χ3n) is 3.38. The van der Waals surface area contributed by atoms with Crippen LogP contribution in [-0.4, -0.2) is 18.1 Å². The fourth-order valence-corrected chi connectivity index (χ4v) is 2.97. The van der Waals surface area contributed by atoms with Gasteiger partial charge in [-0.15, -0.1) is 11.3 Å². The Bertz CT molecular complexity index is 569. The number of methoxy groups -OCH3 is 1. The number of carbonyl (C=O) groups excluding carboxylic acids is 1. The Kier molecular flexibility index (Phi) is 5.90. The van der Waals surface area contributed by atoms with Gasteiger partial charge in [-0.2, -0.15) is 0 Å². The highest BCUT2D eigenvalue weighted by atomic mass is 32.1. The number of hydrogen-bond donors (Lipinski definition) is 1. The second kappa shape index (κ2) is 7.90. The van der Waals surface area contributed by atoms with Crippen LogP contribution in [0.3, 0.4) is 0 Å². The predicted molar refractivity (Wildman–Crippen MR) is 84.1 cm³/mol. The summed E-state index contributed by atoms with van der Waals surface area (Å²) in [6.45, 7) is 2.85. The highest BCUT2D eigenvalue weighted by Gasteiger charge is 2.13. The molecule has 1 atom stereocenters. The Labute approximate surface area is 129 Å². The lowest BCUT2D eigenvalue weighted by atomic mass is 10.0. The van der Waals surface area contributed by atoms with Crippen LogP contribution in [0, 0.1) is 0 Å². The molecule has 1 aromatic carbocycles. The molecule has 5 heteroatoms. The maximum absolute atomic E-state index is 11.5. The maximum Gasteiger partial charge on any atom is 0.309 e. The Hall–Kier alpha value is -1.72. The first-order valence-corrected chi connectivity index (χ1v) is 7.89. The van der Waals surface area contributed by atoms with Crippen molar-refractivity contribution in [3.05, 3.63) is 52.0 Å². The van der Waals surface area contributed by atoms with Gasteiger partial charge < -0.3 is 10.1 Å². The maximum atomic E-state index is 11.5. The molecule has 0 aliphatic carbocycles. The van der Waals surface area contributed by atoms with Gasteiger partial charge in [0, 0.05) is 18.1 Å². The van der Waals surface area contributed by atoms with E-state index in [9.17, 15) is 4.79 Å². The molecule has 112 valence electrons. The van der Waals surface area contributed by atoms with Crippen LogP contribution in [0.2, 0.25) is 0 Å². The van der Waals surface area contributed by atoms with Crippen molar-refractivity contribution in [2.75, 3.05) is 7.11 Å². The molecule has 1 N–H and O–H groups in total. The van der Waals surface area contributed by atoms with Gasteiger partial charge in [-0.05, 0) is 17.5 Å². The van der Waals surface area contributed by atoms with Crippen LogP contribution in [0.1, 0.15) is 35.5 Å². The van der Waals surface area contributed by atoms with E-state index in [2.05, 4.69) is 17.2 Å². The molecule has 1 aromatic heterocycles. The molecule has 2 aromatic rings. The molecule has 4 nitrogen and oxygen atoms in total. The molecular weight excluding hydrogens is 284 g/mol. The standard InChI is InChI=1S/C16H20N2O2S/c1-3-14(16-17-8-9-21-16)18-11-13-7-5-4-6-12(13)10-15(19)20-2/h4-9,14,18H,3,10-11H2,1-2H3. The molecule has 2 rings (SSSR count). The minimum Gasteiger partial charge on any atom is -0.469 e. The zero-order chi connectivity index (χ0) is 15.1. The topological polar surface area (TPSA) is 51.2 Å². The highest BCUT2D eigenvalue weighted by molar-refractivity contribution is 7.09. The minimum atomic E-state index is -0.214. The molecule has 0 spiro atoms. The van der Waals surface area contributed by atoms with Crippen molar-refractivity contribution in [1.82, 2.24) is 10.3 Å². The van der Waals surface area contributed by atoms with Gasteiger partial charge in [0.2, 0.25) is 0 Å². The van der Waals surface area contributed by atoms with Gasteiger partial charge in [0.1, 0.15) is 5.01 Å². The number of ether oxygens (including phenoxy) is 1.